The maximum absolute atomic E-state index is 10.5. The molecule has 6 N–H and O–H groups in total. The molecule has 2 aliphatic carbocycles. The molecule has 18 heavy (non-hydrogen) atoms. The molecule has 6 heteroatoms. The summed E-state index contributed by atoms with van der Waals surface area (Å²) in [6.07, 6.45) is 5.37. The predicted molar refractivity (Wildman–Crippen MR) is 65.9 cm³/mol. The van der Waals surface area contributed by atoms with Gasteiger partial charge in [0.2, 0.25) is 0 Å². The van der Waals surface area contributed by atoms with Crippen LogP contribution in [0.25, 0.3) is 0 Å². The Kier molecular flexibility index (Phi) is 5.55. The Morgan fingerprint density at radius 3 is 1.44 bits per heavy atom. The van der Waals surface area contributed by atoms with Crippen LogP contribution in [0.5, 0.6) is 0 Å². The predicted octanol–water partition coefficient (Wildman–Crippen LogP) is 0.397. The van der Waals surface area contributed by atoms with Gasteiger partial charge in [0, 0.05) is 12.1 Å². The van der Waals surface area contributed by atoms with Crippen LogP contribution < -0.4 is 11.5 Å². The van der Waals surface area contributed by atoms with E-state index in [1.165, 1.54) is 0 Å². The fourth-order valence-electron chi connectivity index (χ4n) is 2.30. The number of nitrogens with two attached hydrogens (primary N) is 2. The van der Waals surface area contributed by atoms with Crippen LogP contribution in [0.15, 0.2) is 0 Å². The van der Waals surface area contributed by atoms with Gasteiger partial charge in [0.05, 0.1) is 11.8 Å². The summed E-state index contributed by atoms with van der Waals surface area (Å²) in [5, 5.41) is 17.0. The van der Waals surface area contributed by atoms with Crippen LogP contribution in [0.3, 0.4) is 0 Å². The van der Waals surface area contributed by atoms with Gasteiger partial charge in [-0.2, -0.15) is 0 Å². The fraction of sp³-hybridized carbons (Fsp3) is 0.833. The van der Waals surface area contributed by atoms with E-state index in [0.717, 1.165) is 38.5 Å². The minimum Gasteiger partial charge on any atom is -0.481 e. The monoisotopic (exact) mass is 258 g/mol. The molecule has 0 heterocycles. The van der Waals surface area contributed by atoms with Crippen LogP contribution in [0.2, 0.25) is 0 Å². The summed E-state index contributed by atoms with van der Waals surface area (Å²) in [6.45, 7) is 0. The molecule has 6 nitrogen and oxygen atoms in total. The second-order valence-corrected chi connectivity index (χ2v) is 5.08. The first-order valence-corrected chi connectivity index (χ1v) is 6.40. The van der Waals surface area contributed by atoms with Crippen molar-refractivity contribution >= 4 is 11.9 Å². The summed E-state index contributed by atoms with van der Waals surface area (Å²) in [5.74, 6) is -2.01. The Hall–Kier alpha value is -1.14. The van der Waals surface area contributed by atoms with Gasteiger partial charge >= 0.3 is 11.9 Å². The molecule has 2 saturated carbocycles. The average molecular weight is 258 g/mol. The number of rotatable bonds is 2. The van der Waals surface area contributed by atoms with Gasteiger partial charge in [-0.15, -0.1) is 0 Å². The third kappa shape index (κ3) is 3.96. The summed E-state index contributed by atoms with van der Waals surface area (Å²) in [6, 6.07) is -0.182. The lowest BCUT2D eigenvalue weighted by Gasteiger charge is -2.29. The van der Waals surface area contributed by atoms with Crippen LogP contribution in [0, 0.1) is 11.8 Å². The standard InChI is InChI=1S/C7H13NO2.C5H9NO2/c8-6-4-2-1-3-5(6)7(9)10;6-4-2-1-3(4)5(7)8/h5-6H,1-4,8H2,(H,9,10);3-4H,1-2,6H2,(H,7,8). The number of carbonyl (C=O) groups is 2. The summed E-state index contributed by atoms with van der Waals surface area (Å²) in [7, 11) is 0. The molecule has 2 aliphatic rings. The number of hydrogen-bond donors (Lipinski definition) is 4. The molecular formula is C12H22N2O4. The SMILES string of the molecule is NC1CCC1C(=O)O.NC1CCCCC1C(=O)O. The zero-order valence-corrected chi connectivity index (χ0v) is 10.4. The van der Waals surface area contributed by atoms with E-state index < -0.39 is 11.9 Å². The highest BCUT2D eigenvalue weighted by Crippen LogP contribution is 2.25. The summed E-state index contributed by atoms with van der Waals surface area (Å²) in [4.78, 5) is 20.6. The molecule has 0 amide bonds. The topological polar surface area (TPSA) is 127 Å². The first-order chi connectivity index (χ1) is 8.43. The van der Waals surface area contributed by atoms with Crippen LogP contribution in [-0.2, 0) is 9.59 Å². The largest absolute Gasteiger partial charge is 0.481 e. The van der Waals surface area contributed by atoms with Crippen molar-refractivity contribution in [3.8, 4) is 0 Å². The Morgan fingerprint density at radius 1 is 0.778 bits per heavy atom. The third-order valence-electron chi connectivity index (χ3n) is 3.78. The van der Waals surface area contributed by atoms with Crippen molar-refractivity contribution in [2.75, 3.05) is 0 Å². The quantitative estimate of drug-likeness (QED) is 0.567. The number of hydrogen-bond acceptors (Lipinski definition) is 4. The molecule has 2 fully saturated rings. The second kappa shape index (κ2) is 6.70. The molecule has 0 bridgehead atoms. The summed E-state index contributed by atoms with van der Waals surface area (Å²) in [5.41, 5.74) is 10.9. The van der Waals surface area contributed by atoms with Crippen molar-refractivity contribution in [3.05, 3.63) is 0 Å². The fourth-order valence-corrected chi connectivity index (χ4v) is 2.30. The number of carboxylic acids is 2. The molecule has 0 saturated heterocycles. The average Bonchev–Trinajstić information content (AvgIpc) is 2.27. The lowest BCUT2D eigenvalue weighted by atomic mass is 9.80. The van der Waals surface area contributed by atoms with E-state index in [1.54, 1.807) is 0 Å². The van der Waals surface area contributed by atoms with Crippen molar-refractivity contribution in [3.63, 3.8) is 0 Å². The Labute approximate surface area is 106 Å². The molecular weight excluding hydrogens is 236 g/mol. The van der Waals surface area contributed by atoms with Crippen LogP contribution in [-0.4, -0.2) is 34.2 Å². The van der Waals surface area contributed by atoms with Gasteiger partial charge in [-0.05, 0) is 25.7 Å². The summed E-state index contributed by atoms with van der Waals surface area (Å²) < 4.78 is 0. The second-order valence-electron chi connectivity index (χ2n) is 5.08. The van der Waals surface area contributed by atoms with Gasteiger partial charge in [-0.1, -0.05) is 12.8 Å². The maximum atomic E-state index is 10.5. The molecule has 0 aromatic carbocycles. The minimum absolute atomic E-state index is 0.0764. The minimum atomic E-state index is -0.747. The molecule has 4 atom stereocenters. The molecule has 0 aliphatic heterocycles. The zero-order valence-electron chi connectivity index (χ0n) is 10.4. The van der Waals surface area contributed by atoms with Crippen molar-refractivity contribution in [2.45, 2.75) is 50.6 Å². The van der Waals surface area contributed by atoms with Gasteiger partial charge in [-0.3, -0.25) is 9.59 Å². The van der Waals surface area contributed by atoms with E-state index in [9.17, 15) is 9.59 Å². The highest BCUT2D eigenvalue weighted by molar-refractivity contribution is 5.72. The van der Waals surface area contributed by atoms with Crippen LogP contribution >= 0.6 is 0 Å². The van der Waals surface area contributed by atoms with Crippen LogP contribution in [0.4, 0.5) is 0 Å². The number of aliphatic carboxylic acids is 2. The number of carboxylic acid groups (broad SMARTS) is 2. The molecule has 0 aromatic rings. The van der Waals surface area contributed by atoms with Gasteiger partial charge in [-0.25, -0.2) is 0 Å². The lowest BCUT2D eigenvalue weighted by molar-refractivity contribution is -0.145. The molecule has 4 unspecified atom stereocenters. The van der Waals surface area contributed by atoms with Gasteiger partial charge in [0.15, 0.2) is 0 Å². The lowest BCUT2D eigenvalue weighted by Crippen LogP contribution is -2.43. The Bertz CT molecular complexity index is 308. The highest BCUT2D eigenvalue weighted by Gasteiger charge is 2.33. The smallest absolute Gasteiger partial charge is 0.308 e. The molecule has 0 aromatic heterocycles. The zero-order chi connectivity index (χ0) is 13.7. The molecule has 0 radical (unpaired) electrons. The van der Waals surface area contributed by atoms with Gasteiger partial charge in [0.25, 0.3) is 0 Å². The van der Waals surface area contributed by atoms with E-state index in [4.69, 9.17) is 21.7 Å². The molecule has 104 valence electrons. The van der Waals surface area contributed by atoms with E-state index in [0.29, 0.717) is 0 Å². The van der Waals surface area contributed by atoms with Crippen molar-refractivity contribution in [1.82, 2.24) is 0 Å². The first kappa shape index (κ1) is 14.9. The summed E-state index contributed by atoms with van der Waals surface area (Å²) >= 11 is 0. The molecule has 2 rings (SSSR count). The van der Waals surface area contributed by atoms with E-state index >= 15 is 0 Å². The highest BCUT2D eigenvalue weighted by atomic mass is 16.4. The Balaban J connectivity index is 0.000000184. The molecule has 0 spiro atoms. The first-order valence-electron chi connectivity index (χ1n) is 6.40. The third-order valence-corrected chi connectivity index (χ3v) is 3.78. The van der Waals surface area contributed by atoms with Gasteiger partial charge < -0.3 is 21.7 Å². The van der Waals surface area contributed by atoms with Crippen LogP contribution in [0.1, 0.15) is 38.5 Å². The van der Waals surface area contributed by atoms with E-state index in [1.807, 2.05) is 0 Å². The van der Waals surface area contributed by atoms with Gasteiger partial charge in [0.1, 0.15) is 0 Å². The van der Waals surface area contributed by atoms with Crippen molar-refractivity contribution in [1.29, 1.82) is 0 Å². The Morgan fingerprint density at radius 2 is 1.22 bits per heavy atom. The van der Waals surface area contributed by atoms with E-state index in [2.05, 4.69) is 0 Å². The van der Waals surface area contributed by atoms with Crippen molar-refractivity contribution in [2.24, 2.45) is 23.3 Å². The normalized spacial score (nSPS) is 34.8. The van der Waals surface area contributed by atoms with E-state index in [-0.39, 0.29) is 23.9 Å². The van der Waals surface area contributed by atoms with Crippen molar-refractivity contribution < 1.29 is 19.8 Å². The maximum Gasteiger partial charge on any atom is 0.308 e.